The summed E-state index contributed by atoms with van der Waals surface area (Å²) in [6.07, 6.45) is 0.593. The summed E-state index contributed by atoms with van der Waals surface area (Å²) in [6.45, 7) is 7.02. The van der Waals surface area contributed by atoms with Gasteiger partial charge in [-0.15, -0.1) is 0 Å². The molecule has 7 nitrogen and oxygen atoms in total. The number of ether oxygens (including phenoxy) is 2. The van der Waals surface area contributed by atoms with Crippen molar-refractivity contribution in [3.05, 3.63) is 29.5 Å². The smallest absolute Gasteiger partial charge is 0.244 e. The Balaban J connectivity index is 2.29. The molecule has 0 radical (unpaired) electrons. The third kappa shape index (κ3) is 4.59. The first-order valence-corrected chi connectivity index (χ1v) is 9.57. The summed E-state index contributed by atoms with van der Waals surface area (Å²) in [5, 5.41) is 3.92. The van der Waals surface area contributed by atoms with E-state index in [1.54, 1.807) is 12.1 Å². The van der Waals surface area contributed by atoms with Crippen LogP contribution in [0.1, 0.15) is 24.6 Å². The van der Waals surface area contributed by atoms with Crippen LogP contribution in [-0.2, 0) is 14.8 Å². The Morgan fingerprint density at radius 1 is 1.28 bits per heavy atom. The first-order chi connectivity index (χ1) is 11.9. The van der Waals surface area contributed by atoms with Crippen molar-refractivity contribution in [2.75, 3.05) is 26.9 Å². The van der Waals surface area contributed by atoms with Gasteiger partial charge in [-0.25, -0.2) is 13.1 Å². The van der Waals surface area contributed by atoms with Crippen molar-refractivity contribution < 1.29 is 22.4 Å². The molecule has 0 amide bonds. The van der Waals surface area contributed by atoms with E-state index in [0.717, 1.165) is 11.3 Å². The highest BCUT2D eigenvalue weighted by Gasteiger charge is 2.22. The van der Waals surface area contributed by atoms with Gasteiger partial charge in [-0.05, 0) is 45.4 Å². The predicted octanol–water partition coefficient (Wildman–Crippen LogP) is 2.67. The first kappa shape index (κ1) is 19.4. The molecule has 0 atom stereocenters. The van der Waals surface area contributed by atoms with Crippen molar-refractivity contribution in [1.82, 2.24) is 9.88 Å². The van der Waals surface area contributed by atoms with Gasteiger partial charge in [-0.1, -0.05) is 5.16 Å². The largest absolute Gasteiger partial charge is 0.495 e. The molecule has 0 saturated heterocycles. The summed E-state index contributed by atoms with van der Waals surface area (Å²) in [4.78, 5) is 0.0670. The van der Waals surface area contributed by atoms with Gasteiger partial charge in [0.2, 0.25) is 10.0 Å². The van der Waals surface area contributed by atoms with E-state index >= 15 is 0 Å². The molecule has 0 unspecified atom stereocenters. The van der Waals surface area contributed by atoms with Gasteiger partial charge in [0.15, 0.2) is 5.76 Å². The van der Waals surface area contributed by atoms with Gasteiger partial charge < -0.3 is 14.0 Å². The highest BCUT2D eigenvalue weighted by atomic mass is 32.2. The van der Waals surface area contributed by atoms with Crippen LogP contribution in [0, 0.1) is 13.8 Å². The normalized spacial score (nSPS) is 11.7. The molecular weight excluding hydrogens is 344 g/mol. The topological polar surface area (TPSA) is 90.7 Å². The molecule has 8 heteroatoms. The lowest BCUT2D eigenvalue weighted by Gasteiger charge is -2.12. The Kier molecular flexibility index (Phi) is 6.57. The Morgan fingerprint density at radius 2 is 2.04 bits per heavy atom. The van der Waals surface area contributed by atoms with Crippen molar-refractivity contribution in [3.63, 3.8) is 0 Å². The molecule has 2 rings (SSSR count). The second-order valence-corrected chi connectivity index (χ2v) is 7.27. The Hall–Kier alpha value is -1.90. The van der Waals surface area contributed by atoms with Crippen LogP contribution in [0.25, 0.3) is 11.3 Å². The minimum atomic E-state index is -3.72. The van der Waals surface area contributed by atoms with Gasteiger partial charge in [0.25, 0.3) is 0 Å². The molecule has 25 heavy (non-hydrogen) atoms. The second kappa shape index (κ2) is 8.46. The molecule has 0 bridgehead atoms. The third-order valence-electron chi connectivity index (χ3n) is 3.83. The lowest BCUT2D eigenvalue weighted by atomic mass is 10.1. The lowest BCUT2D eigenvalue weighted by Crippen LogP contribution is -2.26. The van der Waals surface area contributed by atoms with Crippen molar-refractivity contribution in [3.8, 4) is 17.1 Å². The molecule has 1 heterocycles. The van der Waals surface area contributed by atoms with Crippen LogP contribution >= 0.6 is 0 Å². The van der Waals surface area contributed by atoms with Crippen LogP contribution in [0.5, 0.6) is 5.75 Å². The van der Waals surface area contributed by atoms with E-state index in [9.17, 15) is 8.42 Å². The van der Waals surface area contributed by atoms with E-state index in [2.05, 4.69) is 9.88 Å². The average Bonchev–Trinajstić information content (AvgIpc) is 2.93. The minimum absolute atomic E-state index is 0.0670. The van der Waals surface area contributed by atoms with Gasteiger partial charge in [-0.3, -0.25) is 0 Å². The van der Waals surface area contributed by atoms with Crippen molar-refractivity contribution >= 4 is 10.0 Å². The summed E-state index contributed by atoms with van der Waals surface area (Å²) in [7, 11) is -2.28. The van der Waals surface area contributed by atoms with E-state index in [4.69, 9.17) is 14.0 Å². The molecule has 1 aromatic carbocycles. The fourth-order valence-corrected chi connectivity index (χ4v) is 3.58. The number of methoxy groups -OCH3 is 1. The minimum Gasteiger partial charge on any atom is -0.495 e. The molecule has 0 spiro atoms. The van der Waals surface area contributed by atoms with E-state index in [1.165, 1.54) is 13.2 Å². The monoisotopic (exact) mass is 368 g/mol. The molecule has 1 aromatic heterocycles. The molecule has 0 aliphatic rings. The molecular formula is C17H24N2O5S. The van der Waals surface area contributed by atoms with Crippen LogP contribution < -0.4 is 9.46 Å². The maximum absolute atomic E-state index is 12.6. The van der Waals surface area contributed by atoms with Gasteiger partial charge in [-0.2, -0.15) is 0 Å². The SMILES string of the molecule is CCOCCCNS(=O)(=O)c1cc(-c2onc(C)c2C)ccc1OC. The summed E-state index contributed by atoms with van der Waals surface area (Å²) in [5.74, 6) is 0.822. The highest BCUT2D eigenvalue weighted by Crippen LogP contribution is 2.32. The van der Waals surface area contributed by atoms with Crippen molar-refractivity contribution in [2.24, 2.45) is 0 Å². The standard InChI is InChI=1S/C17H24N2O5S/c1-5-23-10-6-9-18-25(20,21)16-11-14(7-8-15(16)22-4)17-12(2)13(3)19-24-17/h7-8,11,18H,5-6,9-10H2,1-4H3. The number of benzene rings is 1. The van der Waals surface area contributed by atoms with Crippen LogP contribution in [0.4, 0.5) is 0 Å². The molecule has 0 aliphatic heterocycles. The number of hydrogen-bond acceptors (Lipinski definition) is 6. The zero-order chi connectivity index (χ0) is 18.4. The van der Waals surface area contributed by atoms with Gasteiger partial charge >= 0.3 is 0 Å². The molecule has 0 saturated carbocycles. The molecule has 2 aromatic rings. The summed E-state index contributed by atoms with van der Waals surface area (Å²) in [6, 6.07) is 4.90. The van der Waals surface area contributed by atoms with E-state index < -0.39 is 10.0 Å². The fraction of sp³-hybridized carbons (Fsp3) is 0.471. The Morgan fingerprint density at radius 3 is 2.64 bits per heavy atom. The highest BCUT2D eigenvalue weighted by molar-refractivity contribution is 7.89. The number of hydrogen-bond donors (Lipinski definition) is 1. The summed E-state index contributed by atoms with van der Waals surface area (Å²) in [5.41, 5.74) is 2.27. The van der Waals surface area contributed by atoms with E-state index in [-0.39, 0.29) is 17.2 Å². The Bertz CT molecular complexity index is 814. The number of nitrogens with zero attached hydrogens (tertiary/aromatic N) is 1. The maximum Gasteiger partial charge on any atom is 0.244 e. The van der Waals surface area contributed by atoms with Crippen LogP contribution in [0.15, 0.2) is 27.6 Å². The summed E-state index contributed by atoms with van der Waals surface area (Å²) < 4.78 is 43.6. The number of aryl methyl sites for hydroxylation is 1. The number of nitrogens with one attached hydrogen (secondary N) is 1. The van der Waals surface area contributed by atoms with Gasteiger partial charge in [0, 0.05) is 30.9 Å². The van der Waals surface area contributed by atoms with Gasteiger partial charge in [0.1, 0.15) is 10.6 Å². The maximum atomic E-state index is 12.6. The van der Waals surface area contributed by atoms with Crippen molar-refractivity contribution in [2.45, 2.75) is 32.1 Å². The van der Waals surface area contributed by atoms with Crippen LogP contribution in [0.2, 0.25) is 0 Å². The lowest BCUT2D eigenvalue weighted by molar-refractivity contribution is 0.146. The zero-order valence-corrected chi connectivity index (χ0v) is 15.8. The quantitative estimate of drug-likeness (QED) is 0.684. The summed E-state index contributed by atoms with van der Waals surface area (Å²) >= 11 is 0. The molecule has 0 aliphatic carbocycles. The number of sulfonamides is 1. The second-order valence-electron chi connectivity index (χ2n) is 5.54. The third-order valence-corrected chi connectivity index (χ3v) is 5.32. The van der Waals surface area contributed by atoms with Gasteiger partial charge in [0.05, 0.1) is 12.8 Å². The Labute approximate surface area is 148 Å². The van der Waals surface area contributed by atoms with E-state index in [0.29, 0.717) is 31.0 Å². The zero-order valence-electron chi connectivity index (χ0n) is 15.0. The first-order valence-electron chi connectivity index (χ1n) is 8.09. The average molecular weight is 368 g/mol. The molecule has 0 fully saturated rings. The number of rotatable bonds is 9. The number of aromatic nitrogens is 1. The molecule has 1 N–H and O–H groups in total. The molecule has 138 valence electrons. The van der Waals surface area contributed by atoms with Crippen LogP contribution in [0.3, 0.4) is 0 Å². The van der Waals surface area contributed by atoms with Crippen LogP contribution in [-0.4, -0.2) is 40.4 Å². The predicted molar refractivity (Wildman–Crippen MR) is 94.3 cm³/mol. The van der Waals surface area contributed by atoms with E-state index in [1.807, 2.05) is 20.8 Å². The fourth-order valence-electron chi connectivity index (χ4n) is 2.32. The van der Waals surface area contributed by atoms with Crippen molar-refractivity contribution in [1.29, 1.82) is 0 Å².